The van der Waals surface area contributed by atoms with Gasteiger partial charge in [0.15, 0.2) is 0 Å². The van der Waals surface area contributed by atoms with Gasteiger partial charge in [-0.15, -0.1) is 11.3 Å². The first-order chi connectivity index (χ1) is 6.06. The summed E-state index contributed by atoms with van der Waals surface area (Å²) in [6, 6.07) is 3.84. The summed E-state index contributed by atoms with van der Waals surface area (Å²) in [4.78, 5) is 12.0. The van der Waals surface area contributed by atoms with Crippen molar-refractivity contribution in [2.75, 3.05) is 7.11 Å². The van der Waals surface area contributed by atoms with Crippen molar-refractivity contribution in [2.24, 2.45) is 5.73 Å². The van der Waals surface area contributed by atoms with Crippen molar-refractivity contribution >= 4 is 17.3 Å². The number of hydrogen-bond donors (Lipinski definition) is 1. The van der Waals surface area contributed by atoms with E-state index in [-0.39, 0.29) is 12.4 Å². The number of hydrogen-bond acceptors (Lipinski definition) is 4. The third kappa shape index (κ3) is 2.54. The van der Waals surface area contributed by atoms with Gasteiger partial charge >= 0.3 is 5.97 Å². The topological polar surface area (TPSA) is 52.3 Å². The van der Waals surface area contributed by atoms with Crippen LogP contribution in [0.3, 0.4) is 0 Å². The summed E-state index contributed by atoms with van der Waals surface area (Å²) >= 11 is 1.55. The fourth-order valence-electron chi connectivity index (χ4n) is 1.06. The normalized spacial score (nSPS) is 15.0. The highest BCUT2D eigenvalue weighted by Crippen LogP contribution is 2.26. The molecular formula is C9H13NO2S. The SMILES string of the molecule is COC(=O)CC(C)(N)c1cccs1. The highest BCUT2D eigenvalue weighted by Gasteiger charge is 2.26. The number of thiophene rings is 1. The molecular weight excluding hydrogens is 186 g/mol. The highest BCUT2D eigenvalue weighted by atomic mass is 32.1. The van der Waals surface area contributed by atoms with Gasteiger partial charge in [0.25, 0.3) is 0 Å². The Kier molecular flexibility index (Phi) is 3.06. The maximum absolute atomic E-state index is 11.0. The van der Waals surface area contributed by atoms with E-state index < -0.39 is 5.54 Å². The second-order valence-corrected chi connectivity index (χ2v) is 4.10. The van der Waals surface area contributed by atoms with Gasteiger partial charge in [-0.1, -0.05) is 6.07 Å². The molecule has 1 aromatic rings. The van der Waals surface area contributed by atoms with Gasteiger partial charge in [0.1, 0.15) is 0 Å². The minimum atomic E-state index is -0.610. The average molecular weight is 199 g/mol. The van der Waals surface area contributed by atoms with Gasteiger partial charge in [-0.25, -0.2) is 0 Å². The zero-order valence-corrected chi connectivity index (χ0v) is 8.56. The Balaban J connectivity index is 2.72. The van der Waals surface area contributed by atoms with Gasteiger partial charge < -0.3 is 10.5 Å². The molecule has 0 aliphatic heterocycles. The van der Waals surface area contributed by atoms with Crippen molar-refractivity contribution in [2.45, 2.75) is 18.9 Å². The van der Waals surface area contributed by atoms with Crippen LogP contribution in [0.1, 0.15) is 18.2 Å². The molecule has 0 aromatic carbocycles. The van der Waals surface area contributed by atoms with Crippen LogP contribution in [0.25, 0.3) is 0 Å². The second kappa shape index (κ2) is 3.89. The lowest BCUT2D eigenvalue weighted by atomic mass is 9.97. The molecule has 13 heavy (non-hydrogen) atoms. The molecule has 1 heterocycles. The van der Waals surface area contributed by atoms with Crippen LogP contribution in [0, 0.1) is 0 Å². The van der Waals surface area contributed by atoms with Gasteiger partial charge in [0.05, 0.1) is 19.1 Å². The first-order valence-electron chi connectivity index (χ1n) is 3.96. The molecule has 0 amide bonds. The Labute approximate surface area is 81.5 Å². The van der Waals surface area contributed by atoms with E-state index in [9.17, 15) is 4.79 Å². The van der Waals surface area contributed by atoms with Gasteiger partial charge in [0.2, 0.25) is 0 Å². The van der Waals surface area contributed by atoms with Crippen molar-refractivity contribution in [3.63, 3.8) is 0 Å². The summed E-state index contributed by atoms with van der Waals surface area (Å²) in [5.74, 6) is -0.279. The smallest absolute Gasteiger partial charge is 0.307 e. The number of methoxy groups -OCH3 is 1. The van der Waals surface area contributed by atoms with E-state index in [1.165, 1.54) is 7.11 Å². The van der Waals surface area contributed by atoms with Crippen LogP contribution in [0.5, 0.6) is 0 Å². The van der Waals surface area contributed by atoms with Gasteiger partial charge in [-0.2, -0.15) is 0 Å². The second-order valence-electron chi connectivity index (χ2n) is 3.15. The summed E-state index contributed by atoms with van der Waals surface area (Å²) in [6.45, 7) is 1.83. The molecule has 72 valence electrons. The zero-order valence-electron chi connectivity index (χ0n) is 7.74. The minimum Gasteiger partial charge on any atom is -0.469 e. The van der Waals surface area contributed by atoms with E-state index in [4.69, 9.17) is 5.73 Å². The quantitative estimate of drug-likeness (QED) is 0.750. The number of carbonyl (C=O) groups excluding carboxylic acids is 1. The molecule has 3 nitrogen and oxygen atoms in total. The Morgan fingerprint density at radius 1 is 1.77 bits per heavy atom. The maximum Gasteiger partial charge on any atom is 0.307 e. The number of esters is 1. The number of rotatable bonds is 3. The lowest BCUT2D eigenvalue weighted by Gasteiger charge is -2.21. The fraction of sp³-hybridized carbons (Fsp3) is 0.444. The van der Waals surface area contributed by atoms with Crippen LogP contribution in [0.15, 0.2) is 17.5 Å². The van der Waals surface area contributed by atoms with Crippen molar-refractivity contribution in [1.29, 1.82) is 0 Å². The minimum absolute atomic E-state index is 0.212. The molecule has 0 radical (unpaired) electrons. The highest BCUT2D eigenvalue weighted by molar-refractivity contribution is 7.10. The molecule has 0 aliphatic carbocycles. The molecule has 1 unspecified atom stereocenters. The van der Waals surface area contributed by atoms with Crippen LogP contribution >= 0.6 is 11.3 Å². The Hall–Kier alpha value is -0.870. The summed E-state index contributed by atoms with van der Waals surface area (Å²) in [5.41, 5.74) is 5.36. The summed E-state index contributed by atoms with van der Waals surface area (Å²) in [7, 11) is 1.37. The summed E-state index contributed by atoms with van der Waals surface area (Å²) < 4.78 is 4.57. The Morgan fingerprint density at radius 2 is 2.46 bits per heavy atom. The monoisotopic (exact) mass is 199 g/mol. The Bertz CT molecular complexity index is 280. The molecule has 0 aliphatic rings. The van der Waals surface area contributed by atoms with E-state index in [1.807, 2.05) is 24.4 Å². The molecule has 0 saturated carbocycles. The molecule has 0 fully saturated rings. The van der Waals surface area contributed by atoms with E-state index in [2.05, 4.69) is 4.74 Å². The lowest BCUT2D eigenvalue weighted by molar-refractivity contribution is -0.141. The summed E-state index contributed by atoms with van der Waals surface area (Å²) in [5, 5.41) is 1.94. The van der Waals surface area contributed by atoms with Crippen molar-refractivity contribution < 1.29 is 9.53 Å². The first kappa shape index (κ1) is 10.2. The van der Waals surface area contributed by atoms with E-state index in [1.54, 1.807) is 11.3 Å². The van der Waals surface area contributed by atoms with Crippen LogP contribution in [-0.2, 0) is 15.1 Å². The number of ether oxygens (including phenoxy) is 1. The Morgan fingerprint density at radius 3 is 2.92 bits per heavy atom. The third-order valence-corrected chi connectivity index (χ3v) is 2.97. The first-order valence-corrected chi connectivity index (χ1v) is 4.84. The molecule has 1 rings (SSSR count). The van der Waals surface area contributed by atoms with Crippen molar-refractivity contribution in [3.05, 3.63) is 22.4 Å². The molecule has 0 bridgehead atoms. The van der Waals surface area contributed by atoms with E-state index >= 15 is 0 Å². The lowest BCUT2D eigenvalue weighted by Crippen LogP contribution is -2.35. The van der Waals surface area contributed by atoms with Gasteiger partial charge in [-0.05, 0) is 18.4 Å². The predicted octanol–water partition coefficient (Wildman–Crippen LogP) is 1.49. The fourth-order valence-corrected chi connectivity index (χ4v) is 1.86. The van der Waals surface area contributed by atoms with E-state index in [0.29, 0.717) is 0 Å². The number of carbonyl (C=O) groups is 1. The van der Waals surface area contributed by atoms with Crippen LogP contribution in [-0.4, -0.2) is 13.1 Å². The van der Waals surface area contributed by atoms with Gasteiger partial charge in [-0.3, -0.25) is 4.79 Å². The average Bonchev–Trinajstić information content (AvgIpc) is 2.55. The zero-order chi connectivity index (χ0) is 9.90. The largest absolute Gasteiger partial charge is 0.469 e. The molecule has 0 saturated heterocycles. The van der Waals surface area contributed by atoms with Crippen molar-refractivity contribution in [1.82, 2.24) is 0 Å². The molecule has 4 heteroatoms. The third-order valence-electron chi connectivity index (χ3n) is 1.82. The van der Waals surface area contributed by atoms with Crippen molar-refractivity contribution in [3.8, 4) is 0 Å². The molecule has 2 N–H and O–H groups in total. The molecule has 0 spiro atoms. The maximum atomic E-state index is 11.0. The summed E-state index contributed by atoms with van der Waals surface area (Å²) in [6.07, 6.45) is 0.212. The molecule has 1 atom stereocenters. The number of nitrogens with two attached hydrogens (primary N) is 1. The van der Waals surface area contributed by atoms with Gasteiger partial charge in [0, 0.05) is 4.88 Å². The van der Waals surface area contributed by atoms with Crippen LogP contribution in [0.2, 0.25) is 0 Å². The standard InChI is InChI=1S/C9H13NO2S/c1-9(10,6-8(11)12-2)7-4-3-5-13-7/h3-5H,6,10H2,1-2H3. The van der Waals surface area contributed by atoms with Crippen LogP contribution in [0.4, 0.5) is 0 Å². The van der Waals surface area contributed by atoms with Crippen LogP contribution < -0.4 is 5.73 Å². The predicted molar refractivity (Wildman–Crippen MR) is 52.5 cm³/mol. The van der Waals surface area contributed by atoms with E-state index in [0.717, 1.165) is 4.88 Å². The molecule has 1 aromatic heterocycles.